The SMILES string of the molecule is COC1=NC(Cc2cn(-c3ccccc3)nc2C(F)(F)F)CCCC1. The Labute approximate surface area is 144 Å². The molecule has 0 spiro atoms. The normalized spacial score (nSPS) is 18.6. The maximum Gasteiger partial charge on any atom is 0.435 e. The number of ether oxygens (including phenoxy) is 1. The van der Waals surface area contributed by atoms with Crippen LogP contribution >= 0.6 is 0 Å². The number of hydrogen-bond donors (Lipinski definition) is 0. The number of aromatic nitrogens is 2. The maximum absolute atomic E-state index is 13.4. The van der Waals surface area contributed by atoms with Crippen molar-refractivity contribution in [1.82, 2.24) is 9.78 Å². The summed E-state index contributed by atoms with van der Waals surface area (Å²) in [6.07, 6.45) is 0.532. The molecule has 4 nitrogen and oxygen atoms in total. The van der Waals surface area contributed by atoms with E-state index in [4.69, 9.17) is 4.74 Å². The molecule has 0 N–H and O–H groups in total. The van der Waals surface area contributed by atoms with Gasteiger partial charge in [0.1, 0.15) is 0 Å². The smallest absolute Gasteiger partial charge is 0.435 e. The maximum atomic E-state index is 13.4. The zero-order chi connectivity index (χ0) is 17.9. The number of nitrogens with zero attached hydrogens (tertiary/aromatic N) is 3. The minimum absolute atomic E-state index is 0.169. The van der Waals surface area contributed by atoms with Crippen molar-refractivity contribution in [1.29, 1.82) is 0 Å². The van der Waals surface area contributed by atoms with Gasteiger partial charge < -0.3 is 4.74 Å². The fraction of sp³-hybridized carbons (Fsp3) is 0.444. The number of aliphatic imine (C=N–C) groups is 1. The van der Waals surface area contributed by atoms with Gasteiger partial charge in [-0.05, 0) is 31.4 Å². The summed E-state index contributed by atoms with van der Waals surface area (Å²) in [6, 6.07) is 8.58. The zero-order valence-corrected chi connectivity index (χ0v) is 14.0. The van der Waals surface area contributed by atoms with E-state index in [1.165, 1.54) is 10.9 Å². The summed E-state index contributed by atoms with van der Waals surface area (Å²) in [5.41, 5.74) is -0.0709. The molecule has 1 unspecified atom stereocenters. The summed E-state index contributed by atoms with van der Waals surface area (Å²) in [5.74, 6) is 0.617. The van der Waals surface area contributed by atoms with Crippen molar-refractivity contribution in [3.8, 4) is 5.69 Å². The van der Waals surface area contributed by atoms with Gasteiger partial charge >= 0.3 is 6.18 Å². The van der Waals surface area contributed by atoms with Crippen LogP contribution in [-0.4, -0.2) is 28.8 Å². The molecule has 0 bridgehead atoms. The molecule has 0 fully saturated rings. The second kappa shape index (κ2) is 7.29. The lowest BCUT2D eigenvalue weighted by atomic mass is 10.0. The van der Waals surface area contributed by atoms with Crippen LogP contribution in [0.3, 0.4) is 0 Å². The van der Waals surface area contributed by atoms with Gasteiger partial charge in [0, 0.05) is 18.2 Å². The predicted octanol–water partition coefficient (Wildman–Crippen LogP) is 4.42. The molecule has 134 valence electrons. The molecule has 1 aliphatic heterocycles. The first-order chi connectivity index (χ1) is 12.0. The molecule has 3 rings (SSSR count). The molecule has 0 amide bonds. The fourth-order valence-corrected chi connectivity index (χ4v) is 3.06. The number of para-hydroxylation sites is 1. The van der Waals surface area contributed by atoms with Gasteiger partial charge in [-0.2, -0.15) is 18.3 Å². The Kier molecular flexibility index (Phi) is 5.11. The average molecular weight is 351 g/mol. The Morgan fingerprint density at radius 2 is 1.96 bits per heavy atom. The third kappa shape index (κ3) is 4.21. The molecule has 2 heterocycles. The van der Waals surface area contributed by atoms with Gasteiger partial charge in [0.2, 0.25) is 0 Å². The second-order valence-electron chi connectivity index (χ2n) is 6.11. The van der Waals surface area contributed by atoms with Crippen LogP contribution in [0.5, 0.6) is 0 Å². The van der Waals surface area contributed by atoms with E-state index >= 15 is 0 Å². The molecule has 0 radical (unpaired) electrons. The van der Waals surface area contributed by atoms with Crippen molar-refractivity contribution in [2.24, 2.45) is 4.99 Å². The molecule has 1 aromatic heterocycles. The molecule has 0 saturated carbocycles. The molecular weight excluding hydrogens is 331 g/mol. The lowest BCUT2D eigenvalue weighted by molar-refractivity contribution is -0.142. The van der Waals surface area contributed by atoms with Crippen LogP contribution < -0.4 is 0 Å². The van der Waals surface area contributed by atoms with E-state index in [9.17, 15) is 13.2 Å². The molecule has 1 aliphatic rings. The van der Waals surface area contributed by atoms with Gasteiger partial charge in [-0.1, -0.05) is 24.6 Å². The van der Waals surface area contributed by atoms with Crippen molar-refractivity contribution in [2.45, 2.75) is 44.3 Å². The molecule has 0 aliphatic carbocycles. The van der Waals surface area contributed by atoms with Crippen molar-refractivity contribution in [2.75, 3.05) is 7.11 Å². The van der Waals surface area contributed by atoms with Gasteiger partial charge in [-0.3, -0.25) is 4.99 Å². The Hall–Kier alpha value is -2.31. The van der Waals surface area contributed by atoms with Gasteiger partial charge in [0.15, 0.2) is 11.6 Å². The number of methoxy groups -OCH3 is 1. The van der Waals surface area contributed by atoms with E-state index in [1.54, 1.807) is 31.4 Å². The van der Waals surface area contributed by atoms with Crippen molar-refractivity contribution >= 4 is 5.90 Å². The standard InChI is InChI=1S/C18H20F3N3O/c1-25-16-10-6-5-7-14(22-16)11-13-12-24(15-8-3-2-4-9-15)23-17(13)18(19,20)21/h2-4,8-9,12,14H,5-7,10-11H2,1H3. The predicted molar refractivity (Wildman–Crippen MR) is 89.0 cm³/mol. The van der Waals surface area contributed by atoms with Crippen LogP contribution in [0.15, 0.2) is 41.5 Å². The van der Waals surface area contributed by atoms with E-state index in [0.29, 0.717) is 11.6 Å². The summed E-state index contributed by atoms with van der Waals surface area (Å²) >= 11 is 0. The summed E-state index contributed by atoms with van der Waals surface area (Å²) in [6.45, 7) is 0. The van der Waals surface area contributed by atoms with Crippen LogP contribution in [0.1, 0.15) is 36.9 Å². The molecule has 1 aromatic carbocycles. The first-order valence-corrected chi connectivity index (χ1v) is 8.29. The average Bonchev–Trinajstić information content (AvgIpc) is 2.89. The number of benzene rings is 1. The Morgan fingerprint density at radius 3 is 2.64 bits per heavy atom. The highest BCUT2D eigenvalue weighted by Crippen LogP contribution is 2.33. The molecule has 1 atom stereocenters. The van der Waals surface area contributed by atoms with Crippen LogP contribution in [0.25, 0.3) is 5.69 Å². The lowest BCUT2D eigenvalue weighted by Gasteiger charge is -2.12. The van der Waals surface area contributed by atoms with E-state index in [1.807, 2.05) is 6.07 Å². The first kappa shape index (κ1) is 17.5. The lowest BCUT2D eigenvalue weighted by Crippen LogP contribution is -2.15. The highest BCUT2D eigenvalue weighted by molar-refractivity contribution is 5.76. The summed E-state index contributed by atoms with van der Waals surface area (Å²) in [7, 11) is 1.55. The van der Waals surface area contributed by atoms with Gasteiger partial charge in [0.05, 0.1) is 18.8 Å². The zero-order valence-electron chi connectivity index (χ0n) is 14.0. The van der Waals surface area contributed by atoms with Crippen LogP contribution in [-0.2, 0) is 17.3 Å². The molecular formula is C18H20F3N3O. The second-order valence-corrected chi connectivity index (χ2v) is 6.11. The number of rotatable bonds is 3. The van der Waals surface area contributed by atoms with E-state index in [2.05, 4.69) is 10.1 Å². The Balaban J connectivity index is 1.93. The molecule has 2 aromatic rings. The van der Waals surface area contributed by atoms with Crippen molar-refractivity contribution in [3.05, 3.63) is 47.8 Å². The monoisotopic (exact) mass is 351 g/mol. The fourth-order valence-electron chi connectivity index (χ4n) is 3.06. The highest BCUT2D eigenvalue weighted by Gasteiger charge is 2.37. The minimum atomic E-state index is -4.49. The van der Waals surface area contributed by atoms with E-state index in [0.717, 1.165) is 25.7 Å². The summed E-state index contributed by atoms with van der Waals surface area (Å²) < 4.78 is 46.8. The first-order valence-electron chi connectivity index (χ1n) is 8.29. The van der Waals surface area contributed by atoms with Crippen molar-refractivity contribution in [3.63, 3.8) is 0 Å². The number of alkyl halides is 3. The van der Waals surface area contributed by atoms with E-state index < -0.39 is 11.9 Å². The molecule has 25 heavy (non-hydrogen) atoms. The summed E-state index contributed by atoms with van der Waals surface area (Å²) in [5, 5.41) is 3.79. The van der Waals surface area contributed by atoms with Crippen LogP contribution in [0.2, 0.25) is 0 Å². The number of halogens is 3. The van der Waals surface area contributed by atoms with Crippen LogP contribution in [0, 0.1) is 0 Å². The molecule has 0 saturated heterocycles. The van der Waals surface area contributed by atoms with Gasteiger partial charge in [-0.15, -0.1) is 0 Å². The van der Waals surface area contributed by atoms with Crippen molar-refractivity contribution < 1.29 is 17.9 Å². The van der Waals surface area contributed by atoms with E-state index in [-0.39, 0.29) is 18.0 Å². The van der Waals surface area contributed by atoms with Gasteiger partial charge in [0.25, 0.3) is 0 Å². The topological polar surface area (TPSA) is 39.4 Å². The largest absolute Gasteiger partial charge is 0.484 e. The Morgan fingerprint density at radius 1 is 1.20 bits per heavy atom. The minimum Gasteiger partial charge on any atom is -0.484 e. The third-order valence-electron chi connectivity index (χ3n) is 4.27. The summed E-state index contributed by atoms with van der Waals surface area (Å²) in [4.78, 5) is 4.48. The van der Waals surface area contributed by atoms with Crippen LogP contribution in [0.4, 0.5) is 13.2 Å². The third-order valence-corrected chi connectivity index (χ3v) is 4.27. The quantitative estimate of drug-likeness (QED) is 0.821. The van der Waals surface area contributed by atoms with Gasteiger partial charge in [-0.25, -0.2) is 4.68 Å². The molecule has 7 heteroatoms. The highest BCUT2D eigenvalue weighted by atomic mass is 19.4. The number of hydrogen-bond acceptors (Lipinski definition) is 3. The Bertz CT molecular complexity index is 738.